The number of para-hydroxylation sites is 1. The third kappa shape index (κ3) is 1.35. The molecule has 1 aromatic rings. The van der Waals surface area contributed by atoms with Gasteiger partial charge in [0.15, 0.2) is 0 Å². The summed E-state index contributed by atoms with van der Waals surface area (Å²) in [5.74, 6) is 0. The van der Waals surface area contributed by atoms with Crippen LogP contribution in [0.3, 0.4) is 0 Å². The molecule has 14 heavy (non-hydrogen) atoms. The Morgan fingerprint density at radius 2 is 2.29 bits per heavy atom. The van der Waals surface area contributed by atoms with Crippen molar-refractivity contribution in [3.05, 3.63) is 29.8 Å². The van der Waals surface area contributed by atoms with Crippen molar-refractivity contribution in [1.82, 2.24) is 0 Å². The number of benzene rings is 1. The smallest absolute Gasteiger partial charge is 0.116 e. The zero-order valence-electron chi connectivity index (χ0n) is 8.40. The van der Waals surface area contributed by atoms with Crippen LogP contribution in [0.15, 0.2) is 24.3 Å². The summed E-state index contributed by atoms with van der Waals surface area (Å²) in [6, 6.07) is 10.8. The van der Waals surface area contributed by atoms with Crippen molar-refractivity contribution in [3.63, 3.8) is 0 Å². The van der Waals surface area contributed by atoms with Crippen LogP contribution in [0.4, 0.5) is 5.69 Å². The van der Waals surface area contributed by atoms with Crippen LogP contribution in [0.2, 0.25) is 0 Å². The summed E-state index contributed by atoms with van der Waals surface area (Å²) in [5.41, 5.74) is 2.63. The fourth-order valence-electron chi connectivity index (χ4n) is 2.07. The average molecular weight is 186 g/mol. The molecule has 1 aromatic carbocycles. The maximum atomic E-state index is 9.02. The number of fused-ring (bicyclic) bond motifs is 1. The summed E-state index contributed by atoms with van der Waals surface area (Å²) in [5, 5.41) is 9.02. The second-order valence-corrected chi connectivity index (χ2v) is 3.63. The van der Waals surface area contributed by atoms with Crippen molar-refractivity contribution in [3.8, 4) is 6.07 Å². The fraction of sp³-hybridized carbons (Fsp3) is 0.417. The number of anilines is 1. The quantitative estimate of drug-likeness (QED) is 0.709. The Hall–Kier alpha value is -1.49. The summed E-state index contributed by atoms with van der Waals surface area (Å²) >= 11 is 0. The van der Waals surface area contributed by atoms with Crippen molar-refractivity contribution in [2.75, 3.05) is 11.4 Å². The third-order valence-electron chi connectivity index (χ3n) is 2.84. The number of hydrogen-bond acceptors (Lipinski definition) is 2. The Kier molecular flexibility index (Phi) is 2.41. The minimum atomic E-state index is 0.0404. The van der Waals surface area contributed by atoms with Crippen LogP contribution in [0, 0.1) is 11.3 Å². The highest BCUT2D eigenvalue weighted by Gasteiger charge is 2.23. The zero-order valence-corrected chi connectivity index (χ0v) is 8.40. The lowest BCUT2D eigenvalue weighted by atomic mass is 10.1. The van der Waals surface area contributed by atoms with Crippen LogP contribution in [-0.2, 0) is 6.42 Å². The normalized spacial score (nSPS) is 16.1. The second-order valence-electron chi connectivity index (χ2n) is 3.63. The van der Waals surface area contributed by atoms with Gasteiger partial charge < -0.3 is 4.90 Å². The molecule has 0 saturated heterocycles. The van der Waals surface area contributed by atoms with Gasteiger partial charge in [-0.25, -0.2) is 0 Å². The lowest BCUT2D eigenvalue weighted by molar-refractivity contribution is 0.697. The van der Waals surface area contributed by atoms with Crippen LogP contribution in [0.25, 0.3) is 0 Å². The molecule has 0 bridgehead atoms. The third-order valence-corrected chi connectivity index (χ3v) is 2.84. The summed E-state index contributed by atoms with van der Waals surface area (Å²) < 4.78 is 0. The fourth-order valence-corrected chi connectivity index (χ4v) is 2.07. The van der Waals surface area contributed by atoms with Gasteiger partial charge in [-0.15, -0.1) is 0 Å². The Balaban J connectivity index is 2.30. The monoisotopic (exact) mass is 186 g/mol. The summed E-state index contributed by atoms with van der Waals surface area (Å²) in [6.45, 7) is 3.06. The largest absolute Gasteiger partial charge is 0.355 e. The van der Waals surface area contributed by atoms with Crippen molar-refractivity contribution in [1.29, 1.82) is 5.26 Å². The van der Waals surface area contributed by atoms with E-state index in [4.69, 9.17) is 5.26 Å². The highest BCUT2D eigenvalue weighted by molar-refractivity contribution is 5.59. The van der Waals surface area contributed by atoms with Crippen molar-refractivity contribution >= 4 is 5.69 Å². The lowest BCUT2D eigenvalue weighted by Gasteiger charge is -2.23. The summed E-state index contributed by atoms with van der Waals surface area (Å²) in [7, 11) is 0. The molecule has 0 aliphatic carbocycles. The van der Waals surface area contributed by atoms with Crippen molar-refractivity contribution in [2.24, 2.45) is 0 Å². The molecule has 0 saturated carbocycles. The number of hydrogen-bond donors (Lipinski definition) is 0. The SMILES string of the molecule is CCC(C#N)N1CCc2ccccc21. The predicted molar refractivity (Wildman–Crippen MR) is 57.2 cm³/mol. The van der Waals surface area contributed by atoms with E-state index in [9.17, 15) is 0 Å². The molecule has 2 rings (SSSR count). The Labute approximate surface area is 84.8 Å². The molecule has 0 radical (unpaired) electrons. The van der Waals surface area contributed by atoms with Gasteiger partial charge in [-0.2, -0.15) is 5.26 Å². The van der Waals surface area contributed by atoms with Gasteiger partial charge in [0.25, 0.3) is 0 Å². The van der Waals surface area contributed by atoms with E-state index in [1.54, 1.807) is 0 Å². The molecule has 1 heterocycles. The number of nitrogens with zero attached hydrogens (tertiary/aromatic N) is 2. The Bertz CT molecular complexity index is 365. The van der Waals surface area contributed by atoms with E-state index in [0.29, 0.717) is 0 Å². The van der Waals surface area contributed by atoms with Crippen molar-refractivity contribution < 1.29 is 0 Å². The van der Waals surface area contributed by atoms with Crippen LogP contribution in [0.1, 0.15) is 18.9 Å². The molecule has 0 fully saturated rings. The minimum Gasteiger partial charge on any atom is -0.355 e. The first-order valence-corrected chi connectivity index (χ1v) is 5.11. The van der Waals surface area contributed by atoms with E-state index in [1.807, 2.05) is 6.07 Å². The number of rotatable bonds is 2. The minimum absolute atomic E-state index is 0.0404. The molecular weight excluding hydrogens is 172 g/mol. The van der Waals surface area contributed by atoms with E-state index in [2.05, 4.69) is 36.1 Å². The van der Waals surface area contributed by atoms with Gasteiger partial charge in [-0.1, -0.05) is 25.1 Å². The first-order chi connectivity index (χ1) is 6.86. The number of nitriles is 1. The average Bonchev–Trinajstić information content (AvgIpc) is 2.65. The van der Waals surface area contributed by atoms with E-state index in [1.165, 1.54) is 11.3 Å². The maximum absolute atomic E-state index is 9.02. The molecule has 1 aliphatic heterocycles. The molecule has 2 nitrogen and oxygen atoms in total. The molecule has 1 atom stereocenters. The van der Waals surface area contributed by atoms with Gasteiger partial charge in [0, 0.05) is 12.2 Å². The molecule has 0 aromatic heterocycles. The Morgan fingerprint density at radius 3 is 3.00 bits per heavy atom. The van der Waals surface area contributed by atoms with E-state index in [0.717, 1.165) is 19.4 Å². The van der Waals surface area contributed by atoms with Crippen LogP contribution < -0.4 is 4.90 Å². The van der Waals surface area contributed by atoms with Gasteiger partial charge in [0.1, 0.15) is 6.04 Å². The lowest BCUT2D eigenvalue weighted by Crippen LogP contribution is -2.31. The molecule has 0 N–H and O–H groups in total. The highest BCUT2D eigenvalue weighted by Crippen LogP contribution is 2.29. The molecule has 1 aliphatic rings. The predicted octanol–water partition coefficient (Wildman–Crippen LogP) is 2.35. The van der Waals surface area contributed by atoms with Gasteiger partial charge in [-0.05, 0) is 24.5 Å². The Morgan fingerprint density at radius 1 is 1.50 bits per heavy atom. The van der Waals surface area contributed by atoms with E-state index >= 15 is 0 Å². The maximum Gasteiger partial charge on any atom is 0.116 e. The second kappa shape index (κ2) is 3.71. The molecule has 0 spiro atoms. The van der Waals surface area contributed by atoms with Crippen molar-refractivity contribution in [2.45, 2.75) is 25.8 Å². The van der Waals surface area contributed by atoms with Gasteiger partial charge in [0.2, 0.25) is 0 Å². The zero-order chi connectivity index (χ0) is 9.97. The molecule has 0 amide bonds. The van der Waals surface area contributed by atoms with Crippen LogP contribution >= 0.6 is 0 Å². The molecule has 1 unspecified atom stereocenters. The molecule has 72 valence electrons. The summed E-state index contributed by atoms with van der Waals surface area (Å²) in [4.78, 5) is 2.22. The van der Waals surface area contributed by atoms with E-state index in [-0.39, 0.29) is 6.04 Å². The van der Waals surface area contributed by atoms with Gasteiger partial charge in [0.05, 0.1) is 6.07 Å². The van der Waals surface area contributed by atoms with Gasteiger partial charge >= 0.3 is 0 Å². The van der Waals surface area contributed by atoms with Crippen LogP contribution in [-0.4, -0.2) is 12.6 Å². The van der Waals surface area contributed by atoms with Gasteiger partial charge in [-0.3, -0.25) is 0 Å². The van der Waals surface area contributed by atoms with Crippen LogP contribution in [0.5, 0.6) is 0 Å². The highest BCUT2D eigenvalue weighted by atomic mass is 15.2. The van der Waals surface area contributed by atoms with E-state index < -0.39 is 0 Å². The molecule has 2 heteroatoms. The topological polar surface area (TPSA) is 27.0 Å². The summed E-state index contributed by atoms with van der Waals surface area (Å²) in [6.07, 6.45) is 1.97. The first-order valence-electron chi connectivity index (χ1n) is 5.11. The standard InChI is InChI=1S/C12H14N2/c1-2-11(9-13)14-8-7-10-5-3-4-6-12(10)14/h3-6,11H,2,7-8H2,1H3. The molecular formula is C12H14N2. The first kappa shape index (κ1) is 9.08.